The van der Waals surface area contributed by atoms with E-state index in [1.807, 2.05) is 0 Å². The van der Waals surface area contributed by atoms with Crippen molar-refractivity contribution in [2.45, 2.75) is 85.7 Å². The van der Waals surface area contributed by atoms with Gasteiger partial charge in [0.15, 0.2) is 0 Å². The highest BCUT2D eigenvalue weighted by atomic mass is 16.3. The third kappa shape index (κ3) is 6.87. The summed E-state index contributed by atoms with van der Waals surface area (Å²) in [6.07, 6.45) is 12.2. The zero-order valence-electron chi connectivity index (χ0n) is 15.8. The molecule has 0 fully saturated rings. The summed E-state index contributed by atoms with van der Waals surface area (Å²) >= 11 is 0. The molecule has 0 heterocycles. The van der Waals surface area contributed by atoms with Crippen LogP contribution in [0, 0.1) is 0 Å². The van der Waals surface area contributed by atoms with Crippen LogP contribution in [0.4, 0.5) is 0 Å². The fourth-order valence-corrected chi connectivity index (χ4v) is 2.86. The lowest BCUT2D eigenvalue weighted by atomic mass is 9.87. The van der Waals surface area contributed by atoms with Gasteiger partial charge >= 0.3 is 0 Å². The monoisotopic (exact) mass is 317 g/mol. The quantitative estimate of drug-likeness (QED) is 0.424. The van der Waals surface area contributed by atoms with E-state index in [9.17, 15) is 5.11 Å². The van der Waals surface area contributed by atoms with Crippen LogP contribution in [-0.2, 0) is 0 Å². The summed E-state index contributed by atoms with van der Waals surface area (Å²) in [6.45, 7) is 11.5. The van der Waals surface area contributed by atoms with Crippen molar-refractivity contribution in [2.75, 3.05) is 6.54 Å². The van der Waals surface area contributed by atoms with Gasteiger partial charge in [-0.15, -0.1) is 0 Å². The van der Waals surface area contributed by atoms with Crippen molar-refractivity contribution in [3.63, 3.8) is 0 Å². The van der Waals surface area contributed by atoms with Gasteiger partial charge in [-0.05, 0) is 63.3 Å². The summed E-state index contributed by atoms with van der Waals surface area (Å²) in [7, 11) is 0. The number of hydrogen-bond acceptors (Lipinski definition) is 2. The highest BCUT2D eigenvalue weighted by Gasteiger charge is 2.22. The van der Waals surface area contributed by atoms with Gasteiger partial charge in [-0.3, -0.25) is 4.99 Å². The molecule has 0 bridgehead atoms. The molecule has 0 aromatic rings. The molecule has 1 unspecified atom stereocenters. The molecule has 1 aliphatic rings. The molecule has 0 aromatic carbocycles. The van der Waals surface area contributed by atoms with Crippen molar-refractivity contribution in [3.8, 4) is 0 Å². The maximum absolute atomic E-state index is 10.6. The summed E-state index contributed by atoms with van der Waals surface area (Å²) in [4.78, 5) is 4.68. The third-order valence-electron chi connectivity index (χ3n) is 4.58. The van der Waals surface area contributed by atoms with Crippen molar-refractivity contribution < 1.29 is 5.11 Å². The Morgan fingerprint density at radius 1 is 1.13 bits per heavy atom. The zero-order chi connectivity index (χ0) is 17.2. The molecule has 23 heavy (non-hydrogen) atoms. The van der Waals surface area contributed by atoms with Crippen molar-refractivity contribution in [2.24, 2.45) is 4.99 Å². The second-order valence-electron chi connectivity index (χ2n) is 6.94. The lowest BCUT2D eigenvalue weighted by Crippen LogP contribution is -2.26. The Balaban J connectivity index is 2.60. The molecule has 1 rings (SSSR count). The predicted octanol–water partition coefficient (Wildman–Crippen LogP) is 5.78. The van der Waals surface area contributed by atoms with E-state index in [0.29, 0.717) is 0 Å². The number of allylic oxidation sites excluding steroid dienone is 4. The summed E-state index contributed by atoms with van der Waals surface area (Å²) in [5, 5.41) is 10.6. The third-order valence-corrected chi connectivity index (χ3v) is 4.58. The summed E-state index contributed by atoms with van der Waals surface area (Å²) < 4.78 is 0. The van der Waals surface area contributed by atoms with Crippen LogP contribution in [0.25, 0.3) is 0 Å². The van der Waals surface area contributed by atoms with E-state index in [1.54, 1.807) is 0 Å². The minimum absolute atomic E-state index is 0.533. The van der Waals surface area contributed by atoms with Gasteiger partial charge in [0.25, 0.3) is 0 Å². The standard InChI is InChI=1S/C21H35NO/c1-6-7-8-9-10-11-14-22-20-15-17(4)18(5)19(21(20)23)13-12-16(2)3/h12,15,21,23H,6-11,13-14H2,1-5H3. The normalized spacial score (nSPS) is 20.0. The van der Waals surface area contributed by atoms with Crippen molar-refractivity contribution >= 4 is 5.71 Å². The average Bonchev–Trinajstić information content (AvgIpc) is 2.51. The Morgan fingerprint density at radius 3 is 2.43 bits per heavy atom. The molecule has 0 radical (unpaired) electrons. The summed E-state index contributed by atoms with van der Waals surface area (Å²) in [6, 6.07) is 0. The Kier molecular flexibility index (Phi) is 9.16. The molecule has 0 aromatic heterocycles. The first-order valence-corrected chi connectivity index (χ1v) is 9.21. The van der Waals surface area contributed by atoms with Gasteiger partial charge in [-0.25, -0.2) is 0 Å². The topological polar surface area (TPSA) is 32.6 Å². The van der Waals surface area contributed by atoms with Crippen LogP contribution in [0.3, 0.4) is 0 Å². The van der Waals surface area contributed by atoms with Crippen LogP contribution in [-0.4, -0.2) is 23.5 Å². The molecular formula is C21H35NO. The van der Waals surface area contributed by atoms with E-state index in [-0.39, 0.29) is 0 Å². The predicted molar refractivity (Wildman–Crippen MR) is 102 cm³/mol. The first-order chi connectivity index (χ1) is 11.0. The van der Waals surface area contributed by atoms with E-state index >= 15 is 0 Å². The van der Waals surface area contributed by atoms with Crippen molar-refractivity contribution in [3.05, 3.63) is 34.4 Å². The largest absolute Gasteiger partial charge is 0.382 e. The number of hydrogen-bond donors (Lipinski definition) is 1. The van der Waals surface area contributed by atoms with Crippen LogP contribution in [0.1, 0.15) is 79.6 Å². The number of nitrogens with zero attached hydrogens (tertiary/aromatic N) is 1. The first kappa shape index (κ1) is 19.9. The van der Waals surface area contributed by atoms with Gasteiger partial charge in [0.05, 0.1) is 5.71 Å². The number of rotatable bonds is 9. The van der Waals surface area contributed by atoms with E-state index < -0.39 is 6.10 Å². The van der Waals surface area contributed by atoms with Crippen LogP contribution in [0.15, 0.2) is 39.4 Å². The molecule has 130 valence electrons. The number of aliphatic hydroxyl groups is 1. The van der Waals surface area contributed by atoms with Gasteiger partial charge in [-0.2, -0.15) is 0 Å². The summed E-state index contributed by atoms with van der Waals surface area (Å²) in [5.74, 6) is 0. The Bertz CT molecular complexity index is 490. The van der Waals surface area contributed by atoms with E-state index in [4.69, 9.17) is 0 Å². The molecule has 0 aliphatic heterocycles. The van der Waals surface area contributed by atoms with Gasteiger partial charge in [0, 0.05) is 6.54 Å². The van der Waals surface area contributed by atoms with Gasteiger partial charge in [0.2, 0.25) is 0 Å². The van der Waals surface area contributed by atoms with Gasteiger partial charge in [0.1, 0.15) is 6.10 Å². The Morgan fingerprint density at radius 2 is 1.78 bits per heavy atom. The SMILES string of the molecule is CCCCCCCCN=C1C=C(C)C(C)=C(CC=C(C)C)C1O. The molecule has 2 heteroatoms. The second-order valence-corrected chi connectivity index (χ2v) is 6.94. The van der Waals surface area contributed by atoms with Crippen LogP contribution in [0.5, 0.6) is 0 Å². The number of aliphatic hydroxyl groups excluding tert-OH is 1. The van der Waals surface area contributed by atoms with Crippen molar-refractivity contribution in [1.82, 2.24) is 0 Å². The summed E-state index contributed by atoms with van der Waals surface area (Å²) in [5.41, 5.74) is 5.68. The molecule has 0 amide bonds. The average molecular weight is 318 g/mol. The Labute approximate surface area is 143 Å². The zero-order valence-corrected chi connectivity index (χ0v) is 15.8. The highest BCUT2D eigenvalue weighted by Crippen LogP contribution is 2.27. The molecule has 1 atom stereocenters. The van der Waals surface area contributed by atoms with Crippen LogP contribution in [0.2, 0.25) is 0 Å². The molecule has 1 aliphatic carbocycles. The number of aliphatic imine (C=N–C) groups is 1. The van der Waals surface area contributed by atoms with Gasteiger partial charge < -0.3 is 5.11 Å². The molecular weight excluding hydrogens is 282 g/mol. The van der Waals surface area contributed by atoms with E-state index in [2.05, 4.69) is 51.8 Å². The second kappa shape index (κ2) is 10.6. The maximum Gasteiger partial charge on any atom is 0.117 e. The van der Waals surface area contributed by atoms with Crippen molar-refractivity contribution in [1.29, 1.82) is 0 Å². The fourth-order valence-electron chi connectivity index (χ4n) is 2.86. The lowest BCUT2D eigenvalue weighted by Gasteiger charge is -2.24. The molecule has 0 saturated heterocycles. The molecule has 0 spiro atoms. The minimum Gasteiger partial charge on any atom is -0.382 e. The van der Waals surface area contributed by atoms with E-state index in [1.165, 1.54) is 48.8 Å². The van der Waals surface area contributed by atoms with Crippen LogP contribution < -0.4 is 0 Å². The number of unbranched alkanes of at least 4 members (excludes halogenated alkanes) is 5. The van der Waals surface area contributed by atoms with Crippen LogP contribution >= 0.6 is 0 Å². The highest BCUT2D eigenvalue weighted by molar-refractivity contribution is 6.03. The fraction of sp³-hybridized carbons (Fsp3) is 0.667. The lowest BCUT2D eigenvalue weighted by molar-refractivity contribution is 0.272. The first-order valence-electron chi connectivity index (χ1n) is 9.21. The maximum atomic E-state index is 10.6. The van der Waals surface area contributed by atoms with Gasteiger partial charge in [-0.1, -0.05) is 50.7 Å². The minimum atomic E-state index is -0.533. The molecule has 1 N–H and O–H groups in total. The molecule has 2 nitrogen and oxygen atoms in total. The Hall–Kier alpha value is -1.15. The smallest absolute Gasteiger partial charge is 0.117 e. The molecule has 0 saturated carbocycles. The van der Waals surface area contributed by atoms with E-state index in [0.717, 1.165) is 30.7 Å².